The first-order chi connectivity index (χ1) is 13.8. The third-order valence-electron chi connectivity index (χ3n) is 5.59. The number of hydrogen-bond donors (Lipinski definition) is 2. The topological polar surface area (TPSA) is 77.5 Å². The number of nitrogens with one attached hydrogen (secondary N) is 1. The van der Waals surface area contributed by atoms with Crippen molar-refractivity contribution in [3.8, 4) is 17.1 Å². The van der Waals surface area contributed by atoms with Crippen molar-refractivity contribution in [2.75, 3.05) is 44.3 Å². The number of aromatic nitrogens is 3. The largest absolute Gasteiger partial charge is 0.508 e. The fourth-order valence-corrected chi connectivity index (χ4v) is 4.12. The van der Waals surface area contributed by atoms with E-state index in [2.05, 4.69) is 21.0 Å². The Labute approximate surface area is 164 Å². The fraction of sp³-hybridized carbons (Fsp3) is 0.429. The van der Waals surface area contributed by atoms with Gasteiger partial charge < -0.3 is 19.7 Å². The van der Waals surface area contributed by atoms with E-state index in [1.165, 1.54) is 18.4 Å². The van der Waals surface area contributed by atoms with Crippen LogP contribution in [0, 0.1) is 0 Å². The summed E-state index contributed by atoms with van der Waals surface area (Å²) in [5.74, 6) is 1.78. The van der Waals surface area contributed by atoms with Gasteiger partial charge in [-0.25, -0.2) is 9.97 Å². The smallest absolute Gasteiger partial charge is 0.162 e. The molecular weight excluding hydrogens is 354 g/mol. The van der Waals surface area contributed by atoms with Crippen LogP contribution >= 0.6 is 0 Å². The highest BCUT2D eigenvalue weighted by molar-refractivity contribution is 5.90. The minimum atomic E-state index is 0.223. The van der Waals surface area contributed by atoms with Crippen LogP contribution in [-0.4, -0.2) is 64.4 Å². The summed E-state index contributed by atoms with van der Waals surface area (Å²) in [4.78, 5) is 18.0. The van der Waals surface area contributed by atoms with E-state index >= 15 is 0 Å². The number of H-pyrrole nitrogens is 1. The molecule has 1 aromatic carbocycles. The lowest BCUT2D eigenvalue weighted by Gasteiger charge is -2.28. The molecule has 2 aliphatic heterocycles. The molecule has 0 bridgehead atoms. The average Bonchev–Trinajstić information content (AvgIpc) is 3.39. The number of phenols is 1. The Bertz CT molecular complexity index is 974. The zero-order valence-electron chi connectivity index (χ0n) is 15.9. The molecule has 2 saturated heterocycles. The van der Waals surface area contributed by atoms with Crippen LogP contribution in [0.25, 0.3) is 22.4 Å². The summed E-state index contributed by atoms with van der Waals surface area (Å²) in [6, 6.07) is 7.16. The van der Waals surface area contributed by atoms with Gasteiger partial charge in [-0.1, -0.05) is 12.1 Å². The Kier molecular flexibility index (Phi) is 4.62. The second-order valence-corrected chi connectivity index (χ2v) is 7.54. The number of phenolic OH excluding ortho intramolecular Hbond substituents is 1. The Morgan fingerprint density at radius 1 is 1.07 bits per heavy atom. The zero-order valence-corrected chi connectivity index (χ0v) is 15.9. The van der Waals surface area contributed by atoms with Crippen LogP contribution in [0.3, 0.4) is 0 Å². The van der Waals surface area contributed by atoms with Gasteiger partial charge in [-0.15, -0.1) is 0 Å². The van der Waals surface area contributed by atoms with E-state index in [-0.39, 0.29) is 5.75 Å². The summed E-state index contributed by atoms with van der Waals surface area (Å²) in [5, 5.41) is 9.91. The minimum absolute atomic E-state index is 0.223. The average molecular weight is 379 g/mol. The van der Waals surface area contributed by atoms with Crippen LogP contribution in [0.4, 0.5) is 5.82 Å². The highest BCUT2D eigenvalue weighted by Crippen LogP contribution is 2.31. The van der Waals surface area contributed by atoms with Crippen LogP contribution in [0.5, 0.6) is 5.75 Å². The molecular formula is C21H25N5O2. The molecule has 2 aromatic heterocycles. The SMILES string of the molecule is Oc1cccc(-c2nc(N3CCOCC3)c3[nH]cc(CN4CCCC4)c3n2)c1. The highest BCUT2D eigenvalue weighted by atomic mass is 16.5. The molecule has 2 N–H and O–H groups in total. The van der Waals surface area contributed by atoms with Crippen molar-refractivity contribution in [1.82, 2.24) is 19.9 Å². The van der Waals surface area contributed by atoms with Gasteiger partial charge in [0, 0.05) is 37.0 Å². The first-order valence-electron chi connectivity index (χ1n) is 10.0. The Morgan fingerprint density at radius 3 is 2.68 bits per heavy atom. The van der Waals surface area contributed by atoms with Gasteiger partial charge in [-0.05, 0) is 38.1 Å². The normalized spacial score (nSPS) is 18.2. The van der Waals surface area contributed by atoms with Crippen LogP contribution in [0.15, 0.2) is 30.5 Å². The number of hydrogen-bond acceptors (Lipinski definition) is 6. The van der Waals surface area contributed by atoms with Gasteiger partial charge >= 0.3 is 0 Å². The first-order valence-corrected chi connectivity index (χ1v) is 10.0. The third-order valence-corrected chi connectivity index (χ3v) is 5.59. The van der Waals surface area contributed by atoms with Gasteiger partial charge in [0.15, 0.2) is 11.6 Å². The summed E-state index contributed by atoms with van der Waals surface area (Å²) in [6.45, 7) is 6.22. The van der Waals surface area contributed by atoms with Gasteiger partial charge in [0.1, 0.15) is 11.3 Å². The number of fused-ring (bicyclic) bond motifs is 1. The second kappa shape index (κ2) is 7.41. The van der Waals surface area contributed by atoms with Crippen molar-refractivity contribution >= 4 is 16.9 Å². The summed E-state index contributed by atoms with van der Waals surface area (Å²) >= 11 is 0. The lowest BCUT2D eigenvalue weighted by atomic mass is 10.2. The number of morpholine rings is 1. The molecule has 7 nitrogen and oxygen atoms in total. The van der Waals surface area contributed by atoms with E-state index in [1.807, 2.05) is 12.1 Å². The van der Waals surface area contributed by atoms with E-state index in [9.17, 15) is 5.11 Å². The van der Waals surface area contributed by atoms with Gasteiger partial charge in [0.05, 0.1) is 18.7 Å². The number of benzene rings is 1. The van der Waals surface area contributed by atoms with Crippen molar-refractivity contribution in [2.24, 2.45) is 0 Å². The molecule has 146 valence electrons. The van der Waals surface area contributed by atoms with E-state index in [0.29, 0.717) is 19.0 Å². The molecule has 4 heterocycles. The number of ether oxygens (including phenoxy) is 1. The van der Waals surface area contributed by atoms with E-state index < -0.39 is 0 Å². The minimum Gasteiger partial charge on any atom is -0.508 e. The number of aromatic amines is 1. The fourth-order valence-electron chi connectivity index (χ4n) is 4.12. The molecule has 3 aromatic rings. The predicted molar refractivity (Wildman–Crippen MR) is 109 cm³/mol. The van der Waals surface area contributed by atoms with Crippen molar-refractivity contribution in [1.29, 1.82) is 0 Å². The number of anilines is 1. The molecule has 0 unspecified atom stereocenters. The lowest BCUT2D eigenvalue weighted by molar-refractivity contribution is 0.122. The summed E-state index contributed by atoms with van der Waals surface area (Å²) in [7, 11) is 0. The molecule has 2 aliphatic rings. The molecule has 0 saturated carbocycles. The summed E-state index contributed by atoms with van der Waals surface area (Å²) in [6.07, 6.45) is 4.61. The Morgan fingerprint density at radius 2 is 1.89 bits per heavy atom. The predicted octanol–water partition coefficient (Wildman–Crippen LogP) is 2.76. The number of aromatic hydroxyl groups is 1. The first kappa shape index (κ1) is 17.5. The number of nitrogens with zero attached hydrogens (tertiary/aromatic N) is 4. The maximum atomic E-state index is 9.91. The van der Waals surface area contributed by atoms with E-state index in [1.54, 1.807) is 12.1 Å². The van der Waals surface area contributed by atoms with Crippen LogP contribution in [0.2, 0.25) is 0 Å². The number of rotatable bonds is 4. The number of likely N-dealkylation sites (tertiary alicyclic amines) is 1. The van der Waals surface area contributed by atoms with Crippen molar-refractivity contribution < 1.29 is 9.84 Å². The van der Waals surface area contributed by atoms with Crippen molar-refractivity contribution in [3.63, 3.8) is 0 Å². The van der Waals surface area contributed by atoms with Crippen LogP contribution in [0.1, 0.15) is 18.4 Å². The van der Waals surface area contributed by atoms with Gasteiger partial charge in [-0.3, -0.25) is 4.90 Å². The molecule has 2 fully saturated rings. The molecule has 0 radical (unpaired) electrons. The van der Waals surface area contributed by atoms with Gasteiger partial charge in [-0.2, -0.15) is 0 Å². The van der Waals surface area contributed by atoms with Crippen LogP contribution < -0.4 is 4.90 Å². The third kappa shape index (κ3) is 3.31. The van der Waals surface area contributed by atoms with Gasteiger partial charge in [0.2, 0.25) is 0 Å². The summed E-state index contributed by atoms with van der Waals surface area (Å²) < 4.78 is 5.52. The molecule has 0 aliphatic carbocycles. The van der Waals surface area contributed by atoms with E-state index in [4.69, 9.17) is 14.7 Å². The Hall–Kier alpha value is -2.64. The van der Waals surface area contributed by atoms with Crippen molar-refractivity contribution in [3.05, 3.63) is 36.0 Å². The van der Waals surface area contributed by atoms with Crippen LogP contribution in [-0.2, 0) is 11.3 Å². The maximum absolute atomic E-state index is 9.91. The molecule has 5 rings (SSSR count). The monoisotopic (exact) mass is 379 g/mol. The quantitative estimate of drug-likeness (QED) is 0.726. The van der Waals surface area contributed by atoms with Gasteiger partial charge in [0.25, 0.3) is 0 Å². The lowest BCUT2D eigenvalue weighted by Crippen LogP contribution is -2.37. The standard InChI is InChI=1S/C21H25N5O2/c27-17-5-3-4-15(12-17)20-23-18-16(14-25-6-1-2-7-25)13-22-19(18)21(24-20)26-8-10-28-11-9-26/h3-5,12-13,22,27H,1-2,6-11,14H2. The Balaban J connectivity index is 1.62. The maximum Gasteiger partial charge on any atom is 0.162 e. The highest BCUT2D eigenvalue weighted by Gasteiger charge is 2.22. The second-order valence-electron chi connectivity index (χ2n) is 7.54. The zero-order chi connectivity index (χ0) is 18.9. The molecule has 0 atom stereocenters. The van der Waals surface area contributed by atoms with E-state index in [0.717, 1.165) is 55.1 Å². The summed E-state index contributed by atoms with van der Waals surface area (Å²) in [5.41, 5.74) is 3.99. The molecule has 0 amide bonds. The molecule has 28 heavy (non-hydrogen) atoms. The van der Waals surface area contributed by atoms with Crippen molar-refractivity contribution in [2.45, 2.75) is 19.4 Å². The molecule has 0 spiro atoms. The molecule has 7 heteroatoms.